The lowest BCUT2D eigenvalue weighted by atomic mass is 9.87. The SMILES string of the molecule is O=C(Nc1cccc(N2CCC(F)(F)CC2)c1)c1ccc(NC2CC(=C(F)F)C2)cc1N1CCC2(CC1)CC2. The minimum absolute atomic E-state index is 0.0393. The number of nitrogens with zero attached hydrogens (tertiary/aromatic N) is 2. The maximum Gasteiger partial charge on any atom is 0.269 e. The Morgan fingerprint density at radius 1 is 0.821 bits per heavy atom. The molecule has 0 aromatic heterocycles. The Bertz CT molecular complexity index is 1260. The van der Waals surface area contributed by atoms with Crippen LogP contribution >= 0.6 is 0 Å². The number of carbonyl (C=O) groups excluding carboxylic acids is 1. The van der Waals surface area contributed by atoms with Crippen molar-refractivity contribution in [3.8, 4) is 0 Å². The number of hydrogen-bond acceptors (Lipinski definition) is 4. The van der Waals surface area contributed by atoms with E-state index in [4.69, 9.17) is 0 Å². The summed E-state index contributed by atoms with van der Waals surface area (Å²) in [4.78, 5) is 17.7. The predicted molar refractivity (Wildman–Crippen MR) is 146 cm³/mol. The molecule has 2 aromatic rings. The molecule has 0 bridgehead atoms. The molecule has 0 unspecified atom stereocenters. The van der Waals surface area contributed by atoms with Gasteiger partial charge in [0.1, 0.15) is 0 Å². The van der Waals surface area contributed by atoms with Gasteiger partial charge in [-0.15, -0.1) is 0 Å². The van der Waals surface area contributed by atoms with Gasteiger partial charge >= 0.3 is 0 Å². The topological polar surface area (TPSA) is 47.6 Å². The quantitative estimate of drug-likeness (QED) is 0.377. The fraction of sp³-hybridized carbons (Fsp3) is 0.500. The average Bonchev–Trinajstić information content (AvgIpc) is 3.64. The number of piperidine rings is 2. The fourth-order valence-corrected chi connectivity index (χ4v) is 6.07. The molecule has 2 aromatic carbocycles. The van der Waals surface area contributed by atoms with Crippen LogP contribution < -0.4 is 20.4 Å². The molecule has 4 fully saturated rings. The van der Waals surface area contributed by atoms with E-state index >= 15 is 0 Å². The first-order chi connectivity index (χ1) is 18.7. The Kier molecular flexibility index (Phi) is 6.71. The minimum atomic E-state index is -2.62. The molecule has 0 atom stereocenters. The van der Waals surface area contributed by atoms with E-state index < -0.39 is 12.0 Å². The van der Waals surface area contributed by atoms with E-state index in [-0.39, 0.29) is 43.5 Å². The number of alkyl halides is 2. The zero-order valence-corrected chi connectivity index (χ0v) is 21.9. The number of amides is 1. The number of nitrogens with one attached hydrogen (secondary N) is 2. The lowest BCUT2D eigenvalue weighted by Crippen LogP contribution is -2.39. The maximum atomic E-state index is 13.6. The second kappa shape index (κ2) is 10.1. The third-order valence-corrected chi connectivity index (χ3v) is 8.95. The normalized spacial score (nSPS) is 23.3. The molecule has 5 nitrogen and oxygen atoms in total. The molecular weight excluding hydrogens is 508 g/mol. The molecule has 6 rings (SSSR count). The van der Waals surface area contributed by atoms with Crippen LogP contribution in [0.15, 0.2) is 54.1 Å². The highest BCUT2D eigenvalue weighted by Crippen LogP contribution is 2.54. The molecule has 9 heteroatoms. The third-order valence-electron chi connectivity index (χ3n) is 8.95. The van der Waals surface area contributed by atoms with Crippen LogP contribution in [0.5, 0.6) is 0 Å². The van der Waals surface area contributed by atoms with Gasteiger partial charge in [0.05, 0.1) is 11.3 Å². The summed E-state index contributed by atoms with van der Waals surface area (Å²) in [5, 5.41) is 6.36. The smallest absolute Gasteiger partial charge is 0.269 e. The Balaban J connectivity index is 1.19. The second-order valence-electron chi connectivity index (χ2n) is 11.7. The average molecular weight is 543 g/mol. The van der Waals surface area contributed by atoms with Crippen LogP contribution in [0.2, 0.25) is 0 Å². The summed E-state index contributed by atoms with van der Waals surface area (Å²) in [7, 11) is 0. The molecule has 208 valence electrons. The lowest BCUT2D eigenvalue weighted by Gasteiger charge is -2.36. The van der Waals surface area contributed by atoms with E-state index in [1.807, 2.05) is 35.2 Å². The number of carbonyl (C=O) groups is 1. The number of hydrogen-bond donors (Lipinski definition) is 2. The molecule has 1 spiro atoms. The Hall–Kier alpha value is -3.23. The van der Waals surface area contributed by atoms with Gasteiger partial charge in [-0.3, -0.25) is 4.79 Å². The predicted octanol–water partition coefficient (Wildman–Crippen LogP) is 7.28. The van der Waals surface area contributed by atoms with Crippen molar-refractivity contribution in [1.29, 1.82) is 0 Å². The molecule has 0 radical (unpaired) electrons. The molecule has 2 saturated carbocycles. The van der Waals surface area contributed by atoms with Gasteiger partial charge in [0.2, 0.25) is 0 Å². The summed E-state index contributed by atoms with van der Waals surface area (Å²) in [6, 6.07) is 12.9. The van der Waals surface area contributed by atoms with Crippen LogP contribution in [0.1, 0.15) is 61.7 Å². The zero-order valence-electron chi connectivity index (χ0n) is 21.9. The summed E-state index contributed by atoms with van der Waals surface area (Å²) in [5.41, 5.74) is 4.33. The van der Waals surface area contributed by atoms with Gasteiger partial charge in [-0.1, -0.05) is 6.07 Å². The largest absolute Gasteiger partial charge is 0.382 e. The molecular formula is C30H34F4N4O. The van der Waals surface area contributed by atoms with Crippen molar-refractivity contribution in [1.82, 2.24) is 0 Å². The van der Waals surface area contributed by atoms with Crippen LogP contribution in [0.4, 0.5) is 40.3 Å². The van der Waals surface area contributed by atoms with Gasteiger partial charge < -0.3 is 20.4 Å². The van der Waals surface area contributed by atoms with Crippen LogP contribution in [0.25, 0.3) is 0 Å². The van der Waals surface area contributed by atoms with Gasteiger partial charge in [0.25, 0.3) is 17.9 Å². The van der Waals surface area contributed by atoms with Gasteiger partial charge in [0, 0.05) is 62.1 Å². The molecule has 2 heterocycles. The second-order valence-corrected chi connectivity index (χ2v) is 11.7. The van der Waals surface area contributed by atoms with Crippen molar-refractivity contribution >= 4 is 28.7 Å². The molecule has 4 aliphatic rings. The van der Waals surface area contributed by atoms with Crippen molar-refractivity contribution in [2.75, 3.05) is 46.6 Å². The standard InChI is InChI=1S/C30H34F4N4O/c31-27(32)20-16-23(17-20)35-22-4-5-25(26(19-22)38-12-8-29(6-7-29)9-13-38)28(39)36-21-2-1-3-24(18-21)37-14-10-30(33,34)11-15-37/h1-5,18-19,23,35H,6-17H2,(H,36,39). The molecule has 2 aliphatic carbocycles. The minimum Gasteiger partial charge on any atom is -0.382 e. The first-order valence-electron chi connectivity index (χ1n) is 13.9. The van der Waals surface area contributed by atoms with E-state index in [0.29, 0.717) is 29.5 Å². The number of benzene rings is 2. The highest BCUT2D eigenvalue weighted by Gasteiger charge is 2.44. The monoisotopic (exact) mass is 542 g/mol. The molecule has 1 amide bonds. The van der Waals surface area contributed by atoms with E-state index in [1.165, 1.54) is 12.8 Å². The first-order valence-corrected chi connectivity index (χ1v) is 13.9. The van der Waals surface area contributed by atoms with Crippen LogP contribution in [0, 0.1) is 5.41 Å². The third kappa shape index (κ3) is 5.72. The summed E-state index contributed by atoms with van der Waals surface area (Å²) in [6.45, 7) is 2.30. The van der Waals surface area contributed by atoms with Crippen LogP contribution in [-0.2, 0) is 0 Å². The van der Waals surface area contributed by atoms with E-state index in [2.05, 4.69) is 15.5 Å². The van der Waals surface area contributed by atoms with E-state index in [9.17, 15) is 22.4 Å². The molecule has 2 N–H and O–H groups in total. The van der Waals surface area contributed by atoms with Crippen LogP contribution in [0.3, 0.4) is 0 Å². The highest BCUT2D eigenvalue weighted by molar-refractivity contribution is 6.08. The Morgan fingerprint density at radius 2 is 1.51 bits per heavy atom. The summed E-state index contributed by atoms with van der Waals surface area (Å²) >= 11 is 0. The van der Waals surface area contributed by atoms with Crippen molar-refractivity contribution in [3.63, 3.8) is 0 Å². The summed E-state index contributed by atoms with van der Waals surface area (Å²) < 4.78 is 52.9. The molecule has 2 aliphatic heterocycles. The number of anilines is 4. The summed E-state index contributed by atoms with van der Waals surface area (Å²) in [5.74, 6) is -2.85. The molecule has 39 heavy (non-hydrogen) atoms. The van der Waals surface area contributed by atoms with Crippen molar-refractivity contribution in [3.05, 3.63) is 59.7 Å². The van der Waals surface area contributed by atoms with E-state index in [1.54, 1.807) is 12.1 Å². The maximum absolute atomic E-state index is 13.6. The van der Waals surface area contributed by atoms with Crippen molar-refractivity contribution < 1.29 is 22.4 Å². The van der Waals surface area contributed by atoms with Gasteiger partial charge in [-0.2, -0.15) is 8.78 Å². The van der Waals surface area contributed by atoms with Crippen molar-refractivity contribution in [2.24, 2.45) is 5.41 Å². The molecule has 2 saturated heterocycles. The van der Waals surface area contributed by atoms with Gasteiger partial charge in [-0.25, -0.2) is 8.78 Å². The van der Waals surface area contributed by atoms with Gasteiger partial charge in [-0.05, 0) is 85.9 Å². The fourth-order valence-electron chi connectivity index (χ4n) is 6.07. The zero-order chi connectivity index (χ0) is 27.2. The lowest BCUT2D eigenvalue weighted by molar-refractivity contribution is -0.0220. The van der Waals surface area contributed by atoms with Gasteiger partial charge in [0.15, 0.2) is 0 Å². The Morgan fingerprint density at radius 3 is 2.18 bits per heavy atom. The Labute approximate surface area is 226 Å². The summed E-state index contributed by atoms with van der Waals surface area (Å²) in [6.07, 6.45) is 3.51. The van der Waals surface area contributed by atoms with Crippen molar-refractivity contribution in [2.45, 2.75) is 63.3 Å². The highest BCUT2D eigenvalue weighted by atomic mass is 19.3. The number of rotatable bonds is 6. The van der Waals surface area contributed by atoms with Crippen LogP contribution in [-0.4, -0.2) is 44.1 Å². The van der Waals surface area contributed by atoms with E-state index in [0.717, 1.165) is 43.0 Å². The first kappa shape index (κ1) is 26.0. The number of halogens is 4.